The lowest BCUT2D eigenvalue weighted by Gasteiger charge is -2.01. The van der Waals surface area contributed by atoms with Crippen LogP contribution in [-0.4, -0.2) is 21.4 Å². The Morgan fingerprint density at radius 1 is 1.57 bits per heavy atom. The molecule has 0 bridgehead atoms. The fraction of sp³-hybridized carbons (Fsp3) is 0.455. The number of aromatic nitrogens is 1. The van der Waals surface area contributed by atoms with Crippen molar-refractivity contribution < 1.29 is 0 Å². The summed E-state index contributed by atoms with van der Waals surface area (Å²) in [5.41, 5.74) is 2.46. The smallest absolute Gasteiger partial charge is 0.0414 e. The Labute approximate surface area is 95.3 Å². The van der Waals surface area contributed by atoms with Gasteiger partial charge in [-0.25, -0.2) is 0 Å². The molecule has 1 rings (SSSR count). The Hall–Kier alpha value is -0.410. The van der Waals surface area contributed by atoms with E-state index in [0.29, 0.717) is 0 Å². The highest BCUT2D eigenvalue weighted by Crippen LogP contribution is 2.07. The topological polar surface area (TPSA) is 12.9 Å². The van der Waals surface area contributed by atoms with E-state index in [9.17, 15) is 0 Å². The first-order chi connectivity index (χ1) is 6.68. The molecule has 0 amide bonds. The van der Waals surface area contributed by atoms with Crippen LogP contribution in [-0.2, 0) is 6.42 Å². The van der Waals surface area contributed by atoms with Crippen LogP contribution in [0, 0.1) is 6.92 Å². The van der Waals surface area contributed by atoms with Crippen molar-refractivity contribution in [3.63, 3.8) is 0 Å². The molecule has 1 aromatic heterocycles. The average molecular weight is 225 g/mol. The number of rotatable bonds is 5. The van der Waals surface area contributed by atoms with Crippen molar-refractivity contribution >= 4 is 28.8 Å². The second-order valence-electron chi connectivity index (χ2n) is 3.33. The standard InChI is InChI=1S/C11H15NS2/c1-9-3-5-12-11(7-9)4-6-14-8-10(2)13/h3,5,7H,4,6,8H2,1-2H3. The fourth-order valence-electron chi connectivity index (χ4n) is 1.13. The summed E-state index contributed by atoms with van der Waals surface area (Å²) in [6.07, 6.45) is 2.91. The number of pyridine rings is 1. The van der Waals surface area contributed by atoms with Crippen LogP contribution in [0.25, 0.3) is 0 Å². The lowest BCUT2D eigenvalue weighted by Crippen LogP contribution is -1.96. The van der Waals surface area contributed by atoms with Gasteiger partial charge in [0, 0.05) is 17.6 Å². The van der Waals surface area contributed by atoms with Gasteiger partial charge in [0.2, 0.25) is 0 Å². The molecule has 0 N–H and O–H groups in total. The van der Waals surface area contributed by atoms with Crippen molar-refractivity contribution in [2.24, 2.45) is 0 Å². The Bertz CT molecular complexity index is 310. The molecule has 0 radical (unpaired) electrons. The van der Waals surface area contributed by atoms with Gasteiger partial charge in [0.25, 0.3) is 0 Å². The average Bonchev–Trinajstić information content (AvgIpc) is 2.12. The second kappa shape index (κ2) is 6.14. The van der Waals surface area contributed by atoms with E-state index in [1.54, 1.807) is 0 Å². The lowest BCUT2D eigenvalue weighted by atomic mass is 10.2. The summed E-state index contributed by atoms with van der Waals surface area (Å²) in [4.78, 5) is 5.39. The van der Waals surface area contributed by atoms with Gasteiger partial charge in [0.15, 0.2) is 0 Å². The van der Waals surface area contributed by atoms with Crippen molar-refractivity contribution in [3.8, 4) is 0 Å². The van der Waals surface area contributed by atoms with E-state index < -0.39 is 0 Å². The van der Waals surface area contributed by atoms with Crippen molar-refractivity contribution in [3.05, 3.63) is 29.6 Å². The van der Waals surface area contributed by atoms with Gasteiger partial charge in [-0.3, -0.25) is 4.98 Å². The minimum atomic E-state index is 0.987. The van der Waals surface area contributed by atoms with E-state index in [-0.39, 0.29) is 0 Å². The third-order valence-electron chi connectivity index (χ3n) is 1.78. The van der Waals surface area contributed by atoms with Gasteiger partial charge in [-0.15, -0.1) is 0 Å². The zero-order chi connectivity index (χ0) is 10.4. The molecule has 0 atom stereocenters. The Morgan fingerprint density at radius 3 is 3.00 bits per heavy atom. The van der Waals surface area contributed by atoms with Gasteiger partial charge in [0.05, 0.1) is 0 Å². The quantitative estimate of drug-likeness (QED) is 0.565. The Kier molecular flexibility index (Phi) is 5.12. The summed E-state index contributed by atoms with van der Waals surface area (Å²) in [5.74, 6) is 2.09. The summed E-state index contributed by atoms with van der Waals surface area (Å²) in [7, 11) is 0. The van der Waals surface area contributed by atoms with Crippen molar-refractivity contribution in [1.29, 1.82) is 0 Å². The van der Waals surface area contributed by atoms with Crippen LogP contribution < -0.4 is 0 Å². The SMILES string of the molecule is CC(=S)CSCCc1cc(C)ccn1. The number of thiocarbonyl (C=S) groups is 1. The number of aryl methyl sites for hydroxylation is 2. The van der Waals surface area contributed by atoms with E-state index in [4.69, 9.17) is 12.2 Å². The van der Waals surface area contributed by atoms with Crippen molar-refractivity contribution in [1.82, 2.24) is 4.98 Å². The first-order valence-electron chi connectivity index (χ1n) is 4.67. The minimum absolute atomic E-state index is 0.987. The lowest BCUT2D eigenvalue weighted by molar-refractivity contribution is 1.04. The molecule has 1 heterocycles. The maximum absolute atomic E-state index is 5.01. The van der Waals surface area contributed by atoms with Crippen LogP contribution in [0.15, 0.2) is 18.3 Å². The maximum Gasteiger partial charge on any atom is 0.0414 e. The van der Waals surface area contributed by atoms with Gasteiger partial charge in [-0.1, -0.05) is 12.2 Å². The van der Waals surface area contributed by atoms with Crippen molar-refractivity contribution in [2.75, 3.05) is 11.5 Å². The number of hydrogen-bond acceptors (Lipinski definition) is 3. The van der Waals surface area contributed by atoms with E-state index in [0.717, 1.165) is 22.8 Å². The molecule has 0 unspecified atom stereocenters. The largest absolute Gasteiger partial charge is 0.261 e. The summed E-state index contributed by atoms with van der Waals surface area (Å²) < 4.78 is 0. The van der Waals surface area contributed by atoms with Crippen molar-refractivity contribution in [2.45, 2.75) is 20.3 Å². The first-order valence-corrected chi connectivity index (χ1v) is 6.23. The predicted molar refractivity (Wildman–Crippen MR) is 68.3 cm³/mol. The zero-order valence-corrected chi connectivity index (χ0v) is 10.3. The molecular weight excluding hydrogens is 210 g/mol. The Balaban J connectivity index is 2.28. The van der Waals surface area contributed by atoms with Crippen LogP contribution in [0.4, 0.5) is 0 Å². The van der Waals surface area contributed by atoms with Gasteiger partial charge in [-0.05, 0) is 48.6 Å². The number of nitrogens with zero attached hydrogens (tertiary/aromatic N) is 1. The minimum Gasteiger partial charge on any atom is -0.261 e. The molecular formula is C11H15NS2. The highest BCUT2D eigenvalue weighted by Gasteiger charge is 1.96. The van der Waals surface area contributed by atoms with Crippen LogP contribution in [0.5, 0.6) is 0 Å². The normalized spacial score (nSPS) is 10.1. The van der Waals surface area contributed by atoms with Gasteiger partial charge in [0.1, 0.15) is 0 Å². The Morgan fingerprint density at radius 2 is 2.36 bits per heavy atom. The monoisotopic (exact) mass is 225 g/mol. The molecule has 0 saturated heterocycles. The molecule has 0 aromatic carbocycles. The van der Waals surface area contributed by atoms with E-state index in [1.165, 1.54) is 11.3 Å². The van der Waals surface area contributed by atoms with Gasteiger partial charge in [-0.2, -0.15) is 11.8 Å². The van der Waals surface area contributed by atoms with Crippen LogP contribution >= 0.6 is 24.0 Å². The molecule has 3 heteroatoms. The fourth-order valence-corrected chi connectivity index (χ4v) is 2.16. The predicted octanol–water partition coefficient (Wildman–Crippen LogP) is 3.06. The van der Waals surface area contributed by atoms with Crippen LogP contribution in [0.2, 0.25) is 0 Å². The second-order valence-corrected chi connectivity index (χ2v) is 5.13. The number of hydrogen-bond donors (Lipinski definition) is 0. The molecule has 0 saturated carbocycles. The van der Waals surface area contributed by atoms with Gasteiger partial charge < -0.3 is 0 Å². The molecule has 0 spiro atoms. The summed E-state index contributed by atoms with van der Waals surface area (Å²) in [6.45, 7) is 4.09. The molecule has 1 aromatic rings. The molecule has 76 valence electrons. The summed E-state index contributed by atoms with van der Waals surface area (Å²) in [6, 6.07) is 4.17. The third-order valence-corrected chi connectivity index (χ3v) is 3.24. The van der Waals surface area contributed by atoms with E-state index >= 15 is 0 Å². The molecule has 14 heavy (non-hydrogen) atoms. The van der Waals surface area contributed by atoms with E-state index in [1.807, 2.05) is 30.9 Å². The van der Waals surface area contributed by atoms with Gasteiger partial charge >= 0.3 is 0 Å². The summed E-state index contributed by atoms with van der Waals surface area (Å²) >= 11 is 6.89. The van der Waals surface area contributed by atoms with E-state index in [2.05, 4.69) is 18.0 Å². The summed E-state index contributed by atoms with van der Waals surface area (Å²) in [5, 5.41) is 0. The molecule has 0 aliphatic heterocycles. The molecule has 0 aliphatic carbocycles. The highest BCUT2D eigenvalue weighted by molar-refractivity contribution is 8.01. The molecule has 0 fully saturated rings. The number of thioether (sulfide) groups is 1. The first kappa shape index (κ1) is 11.7. The maximum atomic E-state index is 5.01. The molecule has 1 nitrogen and oxygen atoms in total. The highest BCUT2D eigenvalue weighted by atomic mass is 32.2. The third kappa shape index (κ3) is 4.72. The van der Waals surface area contributed by atoms with Crippen LogP contribution in [0.1, 0.15) is 18.2 Å². The van der Waals surface area contributed by atoms with Crippen LogP contribution in [0.3, 0.4) is 0 Å². The molecule has 0 aliphatic rings. The zero-order valence-electron chi connectivity index (χ0n) is 8.62.